The van der Waals surface area contributed by atoms with E-state index in [0.717, 1.165) is 5.57 Å². The van der Waals surface area contributed by atoms with Crippen molar-refractivity contribution in [3.05, 3.63) is 36.5 Å². The van der Waals surface area contributed by atoms with Crippen LogP contribution in [0, 0.1) is 5.92 Å². The first-order chi connectivity index (χ1) is 8.96. The van der Waals surface area contributed by atoms with Crippen LogP contribution in [0.5, 0.6) is 0 Å². The van der Waals surface area contributed by atoms with Crippen molar-refractivity contribution < 1.29 is 14.3 Å². The van der Waals surface area contributed by atoms with Gasteiger partial charge in [-0.15, -0.1) is 0 Å². The topological polar surface area (TPSA) is 55.4 Å². The molecule has 0 aliphatic rings. The van der Waals surface area contributed by atoms with Gasteiger partial charge in [-0.3, -0.25) is 4.79 Å². The molecule has 0 fully saturated rings. The Bertz CT molecular complexity index is 381. The van der Waals surface area contributed by atoms with Crippen molar-refractivity contribution in [2.75, 3.05) is 7.11 Å². The molecular formula is C15H23NO3. The second-order valence-corrected chi connectivity index (χ2v) is 4.41. The summed E-state index contributed by atoms with van der Waals surface area (Å²) in [7, 11) is 1.29. The molecule has 0 aliphatic heterocycles. The van der Waals surface area contributed by atoms with Crippen molar-refractivity contribution >= 4 is 11.9 Å². The molecule has 1 amide bonds. The zero-order valence-electron chi connectivity index (χ0n) is 12.1. The second kappa shape index (κ2) is 9.14. The number of ketones is 1. The van der Waals surface area contributed by atoms with Crippen LogP contribution in [0.4, 0.5) is 4.79 Å². The Balaban J connectivity index is 5.07. The fourth-order valence-corrected chi connectivity index (χ4v) is 1.42. The maximum Gasteiger partial charge on any atom is 0.407 e. The van der Waals surface area contributed by atoms with Crippen LogP contribution in [0.1, 0.15) is 27.2 Å². The first-order valence-electron chi connectivity index (χ1n) is 6.28. The lowest BCUT2D eigenvalue weighted by atomic mass is 9.96. The van der Waals surface area contributed by atoms with Crippen molar-refractivity contribution in [1.29, 1.82) is 0 Å². The Morgan fingerprint density at radius 1 is 1.37 bits per heavy atom. The highest BCUT2D eigenvalue weighted by Gasteiger charge is 2.20. The molecule has 0 aromatic heterocycles. The summed E-state index contributed by atoms with van der Waals surface area (Å²) in [6.07, 6.45) is 6.82. The van der Waals surface area contributed by atoms with Crippen LogP contribution < -0.4 is 5.32 Å². The van der Waals surface area contributed by atoms with Crippen molar-refractivity contribution in [1.82, 2.24) is 5.32 Å². The Morgan fingerprint density at radius 2 is 2.00 bits per heavy atom. The number of rotatable bonds is 7. The highest BCUT2D eigenvalue weighted by atomic mass is 16.5. The summed E-state index contributed by atoms with van der Waals surface area (Å²) in [6.45, 7) is 9.27. The van der Waals surface area contributed by atoms with Gasteiger partial charge in [-0.05, 0) is 12.5 Å². The van der Waals surface area contributed by atoms with Crippen LogP contribution in [0.25, 0.3) is 0 Å². The fraction of sp³-hybridized carbons (Fsp3) is 0.467. The van der Waals surface area contributed by atoms with E-state index in [1.165, 1.54) is 7.11 Å². The number of Topliss-reactive ketones (excluding diaryl/α,β-unsaturated/α-hetero) is 1. The van der Waals surface area contributed by atoms with Gasteiger partial charge in [0.05, 0.1) is 13.2 Å². The first kappa shape index (κ1) is 17.2. The van der Waals surface area contributed by atoms with Gasteiger partial charge < -0.3 is 10.1 Å². The number of carbonyl (C=O) groups is 2. The maximum atomic E-state index is 11.8. The lowest BCUT2D eigenvalue weighted by Crippen LogP contribution is -2.38. The van der Waals surface area contributed by atoms with Crippen LogP contribution in [-0.2, 0) is 9.53 Å². The number of methoxy groups -OCH3 is 1. The molecule has 0 aromatic rings. The third-order valence-electron chi connectivity index (χ3n) is 2.65. The minimum absolute atomic E-state index is 0.0743. The van der Waals surface area contributed by atoms with Gasteiger partial charge >= 0.3 is 6.09 Å². The molecule has 4 heteroatoms. The number of carbonyl (C=O) groups excluding carboxylic acids is 2. The number of allylic oxidation sites excluding steroid dienone is 3. The molecule has 4 nitrogen and oxygen atoms in total. The average Bonchev–Trinajstić information content (AvgIpc) is 2.38. The van der Waals surface area contributed by atoms with Crippen LogP contribution in [-0.4, -0.2) is 25.0 Å². The van der Waals surface area contributed by atoms with Gasteiger partial charge in [-0.2, -0.15) is 0 Å². The number of ether oxygens (including phenoxy) is 1. The summed E-state index contributed by atoms with van der Waals surface area (Å²) in [4.78, 5) is 23.2. The largest absolute Gasteiger partial charge is 0.453 e. The standard InChI is InChI=1S/C15H23NO3/c1-6-8-9-12(7-2)13(16-15(18)19-5)10-14(17)11(3)4/h6-9,11,13H,2,10H2,1,3-5H3,(H,16,18)/b8-6-,12-9+. The third kappa shape index (κ3) is 6.60. The third-order valence-corrected chi connectivity index (χ3v) is 2.65. The molecule has 1 N–H and O–H groups in total. The van der Waals surface area contributed by atoms with Gasteiger partial charge in [0.15, 0.2) is 0 Å². The normalized spacial score (nSPS) is 13.4. The Kier molecular flexibility index (Phi) is 8.25. The lowest BCUT2D eigenvalue weighted by Gasteiger charge is -2.19. The quantitative estimate of drug-likeness (QED) is 0.720. The van der Waals surface area contributed by atoms with Gasteiger partial charge in [0.25, 0.3) is 0 Å². The molecule has 0 rings (SSSR count). The molecular weight excluding hydrogens is 242 g/mol. The Hall–Kier alpha value is -1.84. The lowest BCUT2D eigenvalue weighted by molar-refractivity contribution is -0.122. The second-order valence-electron chi connectivity index (χ2n) is 4.41. The van der Waals surface area contributed by atoms with E-state index in [2.05, 4.69) is 16.6 Å². The zero-order chi connectivity index (χ0) is 14.8. The fourth-order valence-electron chi connectivity index (χ4n) is 1.42. The molecule has 0 bridgehead atoms. The molecule has 0 heterocycles. The van der Waals surface area contributed by atoms with Gasteiger partial charge in [-0.1, -0.05) is 44.7 Å². The molecule has 19 heavy (non-hydrogen) atoms. The maximum absolute atomic E-state index is 11.8. The monoisotopic (exact) mass is 265 g/mol. The smallest absolute Gasteiger partial charge is 0.407 e. The summed E-state index contributed by atoms with van der Waals surface area (Å²) in [5.41, 5.74) is 0.775. The number of hydrogen-bond donors (Lipinski definition) is 1. The summed E-state index contributed by atoms with van der Waals surface area (Å²) >= 11 is 0. The van der Waals surface area contributed by atoms with E-state index >= 15 is 0 Å². The van der Waals surface area contributed by atoms with Crippen molar-refractivity contribution in [3.8, 4) is 0 Å². The van der Waals surface area contributed by atoms with Crippen molar-refractivity contribution in [3.63, 3.8) is 0 Å². The summed E-state index contributed by atoms with van der Waals surface area (Å²) in [5.74, 6) is 0.00404. The predicted molar refractivity (Wildman–Crippen MR) is 76.9 cm³/mol. The minimum atomic E-state index is -0.560. The van der Waals surface area contributed by atoms with E-state index in [4.69, 9.17) is 0 Å². The van der Waals surface area contributed by atoms with Gasteiger partial charge in [0.2, 0.25) is 0 Å². The average molecular weight is 265 g/mol. The Labute approximate surface area is 115 Å². The molecule has 1 unspecified atom stereocenters. The summed E-state index contributed by atoms with van der Waals surface area (Å²) in [5, 5.41) is 2.66. The van der Waals surface area contributed by atoms with Crippen LogP contribution in [0.2, 0.25) is 0 Å². The summed E-state index contributed by atoms with van der Waals surface area (Å²) in [6, 6.07) is -0.420. The number of amides is 1. The molecule has 106 valence electrons. The number of nitrogens with one attached hydrogen (secondary N) is 1. The first-order valence-corrected chi connectivity index (χ1v) is 6.28. The number of alkyl carbamates (subject to hydrolysis) is 1. The van der Waals surface area contributed by atoms with Crippen LogP contribution >= 0.6 is 0 Å². The molecule has 0 aromatic carbocycles. The highest BCUT2D eigenvalue weighted by Crippen LogP contribution is 2.12. The van der Waals surface area contributed by atoms with E-state index < -0.39 is 12.1 Å². The van der Waals surface area contributed by atoms with Gasteiger partial charge in [-0.25, -0.2) is 4.79 Å². The zero-order valence-corrected chi connectivity index (χ0v) is 12.1. The van der Waals surface area contributed by atoms with Gasteiger partial charge in [0, 0.05) is 12.3 Å². The SMILES string of the molecule is C=C/C(=C\C=C/C)C(CC(=O)C(C)C)NC(=O)OC. The molecule has 1 atom stereocenters. The highest BCUT2D eigenvalue weighted by molar-refractivity contribution is 5.82. The molecule has 0 saturated carbocycles. The van der Waals surface area contributed by atoms with Crippen LogP contribution in [0.3, 0.4) is 0 Å². The summed E-state index contributed by atoms with van der Waals surface area (Å²) < 4.78 is 4.58. The predicted octanol–water partition coefficient (Wildman–Crippen LogP) is 3.01. The van der Waals surface area contributed by atoms with E-state index in [0.29, 0.717) is 0 Å². The van der Waals surface area contributed by atoms with E-state index in [9.17, 15) is 9.59 Å². The van der Waals surface area contributed by atoms with Crippen molar-refractivity contribution in [2.24, 2.45) is 5.92 Å². The van der Waals surface area contributed by atoms with Gasteiger partial charge in [0.1, 0.15) is 5.78 Å². The molecule has 0 radical (unpaired) electrons. The minimum Gasteiger partial charge on any atom is -0.453 e. The number of hydrogen-bond acceptors (Lipinski definition) is 3. The van der Waals surface area contributed by atoms with Crippen molar-refractivity contribution in [2.45, 2.75) is 33.2 Å². The van der Waals surface area contributed by atoms with E-state index in [1.807, 2.05) is 39.0 Å². The molecule has 0 saturated heterocycles. The van der Waals surface area contributed by atoms with E-state index in [1.54, 1.807) is 6.08 Å². The van der Waals surface area contributed by atoms with Crippen LogP contribution in [0.15, 0.2) is 36.5 Å². The molecule has 0 spiro atoms. The Morgan fingerprint density at radius 3 is 2.42 bits per heavy atom. The molecule has 0 aliphatic carbocycles. The van der Waals surface area contributed by atoms with E-state index in [-0.39, 0.29) is 18.1 Å².